The summed E-state index contributed by atoms with van der Waals surface area (Å²) in [6.45, 7) is 0. The van der Waals surface area contributed by atoms with E-state index >= 15 is 0 Å². The van der Waals surface area contributed by atoms with Crippen molar-refractivity contribution in [3.8, 4) is 44.5 Å². The molecule has 3 nitrogen and oxygen atoms in total. The Bertz CT molecular complexity index is 3520. The summed E-state index contributed by atoms with van der Waals surface area (Å²) in [6, 6.07) is 96.1. The third-order valence-electron chi connectivity index (χ3n) is 13.0. The summed E-state index contributed by atoms with van der Waals surface area (Å²) in [6.07, 6.45) is 0. The molecular formula is C64H45BN3. The van der Waals surface area contributed by atoms with Gasteiger partial charge in [0.05, 0.1) is 0 Å². The average Bonchev–Trinajstić information content (AvgIpc) is 3.41. The Labute approximate surface area is 399 Å². The number of benzene rings is 11. The zero-order valence-corrected chi connectivity index (χ0v) is 37.4. The molecule has 11 aromatic carbocycles. The fourth-order valence-electron chi connectivity index (χ4n) is 9.81. The summed E-state index contributed by atoms with van der Waals surface area (Å²) >= 11 is 0. The number of hydrogen-bond acceptors (Lipinski definition) is 3. The van der Waals surface area contributed by atoms with Crippen LogP contribution in [-0.2, 0) is 0 Å². The van der Waals surface area contributed by atoms with Gasteiger partial charge < -0.3 is 15.1 Å². The van der Waals surface area contributed by atoms with E-state index < -0.39 is 0 Å². The van der Waals surface area contributed by atoms with Crippen LogP contribution in [0.15, 0.2) is 267 Å². The van der Waals surface area contributed by atoms with Gasteiger partial charge in [-0.05, 0) is 128 Å². The molecular weight excluding hydrogens is 822 g/mol. The maximum Gasteiger partial charge on any atom is 0.197 e. The van der Waals surface area contributed by atoms with Crippen LogP contribution in [0.5, 0.6) is 0 Å². The van der Waals surface area contributed by atoms with E-state index in [-0.39, 0.29) is 0 Å². The molecule has 4 heteroatoms. The Kier molecular flexibility index (Phi) is 10.7. The van der Waals surface area contributed by atoms with Crippen molar-refractivity contribution in [1.29, 1.82) is 0 Å². The van der Waals surface area contributed by atoms with Gasteiger partial charge in [-0.15, -0.1) is 0 Å². The normalized spacial score (nSPS) is 11.6. The molecule has 11 aromatic rings. The van der Waals surface area contributed by atoms with E-state index in [1.165, 1.54) is 38.8 Å². The van der Waals surface area contributed by atoms with Crippen molar-refractivity contribution in [1.82, 2.24) is 0 Å². The number of nitrogens with zero attached hydrogens (tertiary/aromatic N) is 2. The molecule has 0 fully saturated rings. The lowest BCUT2D eigenvalue weighted by molar-refractivity contribution is 1.28. The van der Waals surface area contributed by atoms with Gasteiger partial charge in [-0.2, -0.15) is 0 Å². The van der Waals surface area contributed by atoms with Gasteiger partial charge in [-0.1, -0.05) is 200 Å². The lowest BCUT2D eigenvalue weighted by atomic mass is 9.57. The maximum atomic E-state index is 4.01. The fraction of sp³-hybridized carbons (Fsp3) is 0. The van der Waals surface area contributed by atoms with Crippen LogP contribution in [0.3, 0.4) is 0 Å². The molecule has 12 rings (SSSR count). The molecule has 1 radical (unpaired) electrons. The van der Waals surface area contributed by atoms with Crippen molar-refractivity contribution in [2.24, 2.45) is 0 Å². The van der Waals surface area contributed by atoms with Crippen molar-refractivity contribution in [2.75, 3.05) is 15.1 Å². The van der Waals surface area contributed by atoms with Crippen LogP contribution in [0, 0.1) is 0 Å². The van der Waals surface area contributed by atoms with Crippen LogP contribution in [0.1, 0.15) is 0 Å². The quantitative estimate of drug-likeness (QED) is 0.138. The summed E-state index contributed by atoms with van der Waals surface area (Å²) in [7, 11) is 2.41. The predicted molar refractivity (Wildman–Crippen MR) is 290 cm³/mol. The van der Waals surface area contributed by atoms with Crippen molar-refractivity contribution >= 4 is 74.5 Å². The third-order valence-corrected chi connectivity index (χ3v) is 13.0. The van der Waals surface area contributed by atoms with E-state index in [1.807, 2.05) is 0 Å². The van der Waals surface area contributed by atoms with Crippen LogP contribution < -0.4 is 26.0 Å². The second kappa shape index (κ2) is 17.8. The molecule has 0 saturated heterocycles. The molecule has 1 aliphatic rings. The van der Waals surface area contributed by atoms with E-state index in [0.717, 1.165) is 72.9 Å². The average molecular weight is 867 g/mol. The van der Waals surface area contributed by atoms with Gasteiger partial charge >= 0.3 is 0 Å². The largest absolute Gasteiger partial charge is 0.355 e. The molecule has 0 bridgehead atoms. The van der Waals surface area contributed by atoms with E-state index in [9.17, 15) is 0 Å². The van der Waals surface area contributed by atoms with Crippen LogP contribution >= 0.6 is 0 Å². The van der Waals surface area contributed by atoms with Gasteiger partial charge in [0.25, 0.3) is 0 Å². The molecule has 0 aliphatic carbocycles. The minimum absolute atomic E-state index is 0.999. The fourth-order valence-corrected chi connectivity index (χ4v) is 9.81. The topological polar surface area (TPSA) is 18.5 Å². The monoisotopic (exact) mass is 866 g/mol. The molecule has 68 heavy (non-hydrogen) atoms. The summed E-state index contributed by atoms with van der Waals surface area (Å²) in [5.41, 5.74) is 20.2. The highest BCUT2D eigenvalue weighted by molar-refractivity contribution is 6.73. The second-order valence-electron chi connectivity index (χ2n) is 17.2. The van der Waals surface area contributed by atoms with Crippen molar-refractivity contribution in [3.05, 3.63) is 267 Å². The van der Waals surface area contributed by atoms with E-state index in [2.05, 4.69) is 289 Å². The zero-order valence-electron chi connectivity index (χ0n) is 37.4. The Morgan fingerprint density at radius 2 is 0.912 bits per heavy atom. The molecule has 0 unspecified atom stereocenters. The smallest absolute Gasteiger partial charge is 0.197 e. The molecule has 0 amide bonds. The van der Waals surface area contributed by atoms with Crippen molar-refractivity contribution in [2.45, 2.75) is 0 Å². The van der Waals surface area contributed by atoms with Gasteiger partial charge in [0.15, 0.2) is 7.28 Å². The molecule has 1 N–H and O–H groups in total. The first-order valence-electron chi connectivity index (χ1n) is 23.2. The van der Waals surface area contributed by atoms with E-state index in [0.29, 0.717) is 0 Å². The Morgan fingerprint density at radius 1 is 0.368 bits per heavy atom. The molecule has 0 atom stereocenters. The highest BCUT2D eigenvalue weighted by Gasteiger charge is 2.30. The first-order chi connectivity index (χ1) is 33.7. The van der Waals surface area contributed by atoms with Gasteiger partial charge in [0.1, 0.15) is 0 Å². The third kappa shape index (κ3) is 7.78. The predicted octanol–water partition coefficient (Wildman–Crippen LogP) is 16.2. The lowest BCUT2D eigenvalue weighted by Gasteiger charge is -2.36. The molecule has 1 aliphatic heterocycles. The molecule has 1 heterocycles. The first-order valence-corrected chi connectivity index (χ1v) is 23.2. The van der Waals surface area contributed by atoms with Crippen LogP contribution in [0.4, 0.5) is 45.5 Å². The number of hydrogen-bond donors (Lipinski definition) is 1. The first kappa shape index (κ1) is 40.6. The maximum absolute atomic E-state index is 4.01. The minimum Gasteiger partial charge on any atom is -0.355 e. The number of para-hydroxylation sites is 2. The van der Waals surface area contributed by atoms with Crippen molar-refractivity contribution < 1.29 is 0 Å². The standard InChI is InChI=1S/C64H45BN3/c1-6-20-45(21-7-1)48-27-18-29-52(40-48)66-60-44-56(67(53-30-12-4-13-31-53)54-32-14-5-15-33-54)37-38-58(60)63-57-35-17-16-26-51(57)43-62-64(63)65-59-39-36-50(47-24-10-3-11-25-47)42-61(59)68(62)55-34-19-28-49(41-55)46-22-8-2-9-23-46/h1-44,66H. The summed E-state index contributed by atoms with van der Waals surface area (Å²) < 4.78 is 0. The molecule has 0 aromatic heterocycles. The second-order valence-corrected chi connectivity index (χ2v) is 17.2. The van der Waals surface area contributed by atoms with Gasteiger partial charge in [0.2, 0.25) is 0 Å². The molecule has 319 valence electrons. The molecule has 0 spiro atoms. The zero-order chi connectivity index (χ0) is 45.2. The van der Waals surface area contributed by atoms with Crippen LogP contribution in [-0.4, -0.2) is 7.28 Å². The van der Waals surface area contributed by atoms with Gasteiger partial charge in [-0.25, -0.2) is 0 Å². The summed E-state index contributed by atoms with van der Waals surface area (Å²) in [4.78, 5) is 4.82. The minimum atomic E-state index is 0.999. The number of nitrogens with one attached hydrogen (secondary N) is 1. The number of anilines is 8. The SMILES string of the molecule is [B]1c2ccc(-c3ccccc3)cc2N(c2cccc(-c3ccccc3)c2)c2cc3ccccc3c(-c3ccc(N(c4ccccc4)c4ccccc4)cc3Nc3cccc(-c4ccccc4)c3)c21. The van der Waals surface area contributed by atoms with E-state index in [4.69, 9.17) is 0 Å². The Balaban J connectivity index is 1.10. The summed E-state index contributed by atoms with van der Waals surface area (Å²) in [5.74, 6) is 0. The van der Waals surface area contributed by atoms with Crippen molar-refractivity contribution in [3.63, 3.8) is 0 Å². The number of rotatable bonds is 10. The highest BCUT2D eigenvalue weighted by atomic mass is 15.2. The Hall–Kier alpha value is -8.86. The summed E-state index contributed by atoms with van der Waals surface area (Å²) in [5, 5.41) is 6.36. The van der Waals surface area contributed by atoms with Crippen LogP contribution in [0.25, 0.3) is 55.3 Å². The lowest BCUT2D eigenvalue weighted by Crippen LogP contribution is -2.41. The van der Waals surface area contributed by atoms with Gasteiger partial charge in [0, 0.05) is 51.1 Å². The highest BCUT2D eigenvalue weighted by Crippen LogP contribution is 2.46. The number of fused-ring (bicyclic) bond motifs is 3. The Morgan fingerprint density at radius 3 is 1.56 bits per heavy atom. The van der Waals surface area contributed by atoms with E-state index in [1.54, 1.807) is 0 Å². The van der Waals surface area contributed by atoms with Crippen LogP contribution in [0.2, 0.25) is 0 Å². The molecule has 0 saturated carbocycles. The van der Waals surface area contributed by atoms with Gasteiger partial charge in [-0.3, -0.25) is 0 Å².